The van der Waals surface area contributed by atoms with Gasteiger partial charge in [0.05, 0.1) is 0 Å². The van der Waals surface area contributed by atoms with E-state index in [0.717, 1.165) is 50.9 Å². The molecule has 0 spiro atoms. The van der Waals surface area contributed by atoms with Crippen molar-refractivity contribution >= 4 is 29.1 Å². The van der Waals surface area contributed by atoms with Crippen LogP contribution in [0.2, 0.25) is 0 Å². The average Bonchev–Trinajstić information content (AvgIpc) is 3.10. The van der Waals surface area contributed by atoms with Crippen molar-refractivity contribution < 1.29 is 4.74 Å². The van der Waals surface area contributed by atoms with Crippen molar-refractivity contribution in [2.45, 2.75) is 37.4 Å². The van der Waals surface area contributed by atoms with Gasteiger partial charge in [0.25, 0.3) is 0 Å². The van der Waals surface area contributed by atoms with Crippen LogP contribution in [0.3, 0.4) is 0 Å². The molecule has 1 aromatic rings. The lowest BCUT2D eigenvalue weighted by molar-refractivity contribution is 0.0782. The summed E-state index contributed by atoms with van der Waals surface area (Å²) < 4.78 is 5.82. The van der Waals surface area contributed by atoms with E-state index in [1.54, 1.807) is 11.3 Å². The van der Waals surface area contributed by atoms with E-state index < -0.39 is 0 Å². The number of thiophene rings is 1. The molecule has 23 heavy (non-hydrogen) atoms. The highest BCUT2D eigenvalue weighted by molar-refractivity contribution is 8.00. The normalized spacial score (nSPS) is 19.3. The molecular formula is C17H29N3OS2. The van der Waals surface area contributed by atoms with E-state index in [9.17, 15) is 0 Å². The fourth-order valence-electron chi connectivity index (χ4n) is 2.81. The van der Waals surface area contributed by atoms with E-state index in [4.69, 9.17) is 4.74 Å². The molecule has 4 nitrogen and oxygen atoms in total. The number of nitrogens with one attached hydrogen (secondary N) is 2. The number of aliphatic imine (C=N–C) groups is 1. The maximum Gasteiger partial charge on any atom is 0.191 e. The van der Waals surface area contributed by atoms with E-state index in [0.29, 0.717) is 5.92 Å². The van der Waals surface area contributed by atoms with Crippen LogP contribution in [0.1, 0.15) is 38.2 Å². The number of thioether (sulfide) groups is 1. The van der Waals surface area contributed by atoms with Crippen molar-refractivity contribution in [2.75, 3.05) is 39.1 Å². The van der Waals surface area contributed by atoms with Gasteiger partial charge in [0.2, 0.25) is 0 Å². The minimum atomic E-state index is 0.281. The van der Waals surface area contributed by atoms with Crippen LogP contribution in [0.25, 0.3) is 0 Å². The molecule has 2 N–H and O–H groups in total. The largest absolute Gasteiger partial charge is 0.381 e. The maximum atomic E-state index is 5.54. The molecule has 6 heteroatoms. The molecular weight excluding hydrogens is 326 g/mol. The van der Waals surface area contributed by atoms with Gasteiger partial charge in [0.15, 0.2) is 5.96 Å². The number of nitrogens with zero attached hydrogens (tertiary/aromatic N) is 1. The Bertz CT molecular complexity index is 465. The van der Waals surface area contributed by atoms with E-state index in [1.807, 2.05) is 7.05 Å². The Morgan fingerprint density at radius 3 is 2.83 bits per heavy atom. The van der Waals surface area contributed by atoms with Gasteiger partial charge in [-0.05, 0) is 46.9 Å². The summed E-state index contributed by atoms with van der Waals surface area (Å²) >= 11 is 3.80. The molecule has 1 atom stereocenters. The third-order valence-electron chi connectivity index (χ3n) is 4.34. The predicted molar refractivity (Wildman–Crippen MR) is 103 cm³/mol. The molecule has 130 valence electrons. The van der Waals surface area contributed by atoms with Crippen LogP contribution in [-0.4, -0.2) is 49.8 Å². The fraction of sp³-hybridized carbons (Fsp3) is 0.706. The summed E-state index contributed by atoms with van der Waals surface area (Å²) in [6, 6.07) is 2.20. The monoisotopic (exact) mass is 355 g/mol. The van der Waals surface area contributed by atoms with Gasteiger partial charge in [-0.3, -0.25) is 4.99 Å². The smallest absolute Gasteiger partial charge is 0.191 e. The number of hydrogen-bond donors (Lipinski definition) is 2. The number of hydrogen-bond acceptors (Lipinski definition) is 4. The molecule has 1 aromatic heterocycles. The lowest BCUT2D eigenvalue weighted by Gasteiger charge is -2.37. The highest BCUT2D eigenvalue weighted by atomic mass is 32.2. The van der Waals surface area contributed by atoms with Crippen LogP contribution in [-0.2, 0) is 4.74 Å². The molecule has 1 aliphatic heterocycles. The summed E-state index contributed by atoms with van der Waals surface area (Å²) in [5.74, 6) is 2.53. The Kier molecular flexibility index (Phi) is 7.73. The average molecular weight is 356 g/mol. The van der Waals surface area contributed by atoms with Crippen LogP contribution in [0.5, 0.6) is 0 Å². The maximum absolute atomic E-state index is 5.54. The third kappa shape index (κ3) is 5.69. The van der Waals surface area contributed by atoms with Crippen molar-refractivity contribution in [2.24, 2.45) is 4.99 Å². The molecule has 2 heterocycles. The van der Waals surface area contributed by atoms with E-state index >= 15 is 0 Å². The van der Waals surface area contributed by atoms with Crippen molar-refractivity contribution in [1.29, 1.82) is 0 Å². The first kappa shape index (κ1) is 18.6. The summed E-state index contributed by atoms with van der Waals surface area (Å²) in [5.41, 5.74) is 1.39. The first-order chi connectivity index (χ1) is 11.2. The molecule has 1 unspecified atom stereocenters. The van der Waals surface area contributed by atoms with Crippen molar-refractivity contribution in [1.82, 2.24) is 10.6 Å². The second-order valence-corrected chi connectivity index (χ2v) is 8.50. The highest BCUT2D eigenvalue weighted by Crippen LogP contribution is 2.34. The Labute approximate surface area is 148 Å². The van der Waals surface area contributed by atoms with Crippen LogP contribution in [0.15, 0.2) is 21.8 Å². The molecule has 1 saturated heterocycles. The first-order valence-corrected chi connectivity index (χ1v) is 10.3. The molecule has 0 saturated carbocycles. The van der Waals surface area contributed by atoms with Gasteiger partial charge in [-0.15, -0.1) is 0 Å². The predicted octanol–water partition coefficient (Wildman–Crippen LogP) is 3.32. The summed E-state index contributed by atoms with van der Waals surface area (Å²) in [6.07, 6.45) is 2.22. The molecule has 0 amide bonds. The van der Waals surface area contributed by atoms with Gasteiger partial charge in [-0.1, -0.05) is 13.8 Å². The zero-order valence-electron chi connectivity index (χ0n) is 14.4. The summed E-state index contributed by atoms with van der Waals surface area (Å²) in [5, 5.41) is 11.3. The molecule has 0 bridgehead atoms. The molecule has 0 aromatic carbocycles. The summed E-state index contributed by atoms with van der Waals surface area (Å²) in [4.78, 5) is 4.37. The standard InChI is InChI=1S/C17H29N3OS2/c1-4-23-17(6-8-21-9-7-17)13-20-16(18-3)19-11-14(2)15-5-10-22-12-15/h5,10,12,14H,4,6-9,11,13H2,1-3H3,(H2,18,19,20). The Morgan fingerprint density at radius 1 is 1.43 bits per heavy atom. The first-order valence-electron chi connectivity index (χ1n) is 8.37. The van der Waals surface area contributed by atoms with Crippen molar-refractivity contribution in [3.63, 3.8) is 0 Å². The van der Waals surface area contributed by atoms with E-state index in [2.05, 4.69) is 58.1 Å². The topological polar surface area (TPSA) is 45.7 Å². The molecule has 1 aliphatic rings. The fourth-order valence-corrected chi connectivity index (χ4v) is 4.83. The highest BCUT2D eigenvalue weighted by Gasteiger charge is 2.32. The van der Waals surface area contributed by atoms with Gasteiger partial charge in [-0.25, -0.2) is 0 Å². The number of ether oxygens (including phenoxy) is 1. The van der Waals surface area contributed by atoms with Crippen LogP contribution in [0, 0.1) is 0 Å². The second kappa shape index (κ2) is 9.55. The van der Waals surface area contributed by atoms with Crippen LogP contribution in [0.4, 0.5) is 0 Å². The van der Waals surface area contributed by atoms with Crippen molar-refractivity contribution in [3.8, 4) is 0 Å². The molecule has 0 radical (unpaired) electrons. The van der Waals surface area contributed by atoms with Crippen molar-refractivity contribution in [3.05, 3.63) is 22.4 Å². The zero-order chi connectivity index (χ0) is 16.5. The Morgan fingerprint density at radius 2 is 2.22 bits per heavy atom. The number of rotatable bonds is 7. The lowest BCUT2D eigenvalue weighted by atomic mass is 9.99. The SMILES string of the molecule is CCSC1(CNC(=NC)NCC(C)c2ccsc2)CCOCC1. The van der Waals surface area contributed by atoms with Gasteiger partial charge >= 0.3 is 0 Å². The second-order valence-electron chi connectivity index (χ2n) is 5.99. The van der Waals surface area contributed by atoms with Gasteiger partial charge in [0, 0.05) is 38.1 Å². The van der Waals surface area contributed by atoms with E-state index in [1.165, 1.54) is 5.56 Å². The van der Waals surface area contributed by atoms with Gasteiger partial charge < -0.3 is 15.4 Å². The minimum absolute atomic E-state index is 0.281. The minimum Gasteiger partial charge on any atom is -0.381 e. The van der Waals surface area contributed by atoms with Crippen LogP contribution < -0.4 is 10.6 Å². The molecule has 2 rings (SSSR count). The molecule has 1 fully saturated rings. The quantitative estimate of drug-likeness (QED) is 0.582. The zero-order valence-corrected chi connectivity index (χ0v) is 16.1. The summed E-state index contributed by atoms with van der Waals surface area (Å²) in [6.45, 7) is 8.06. The van der Waals surface area contributed by atoms with Crippen LogP contribution >= 0.6 is 23.1 Å². The summed E-state index contributed by atoms with van der Waals surface area (Å²) in [7, 11) is 1.84. The Hall–Kier alpha value is -0.720. The van der Waals surface area contributed by atoms with Gasteiger partial charge in [-0.2, -0.15) is 23.1 Å². The van der Waals surface area contributed by atoms with E-state index in [-0.39, 0.29) is 4.75 Å². The lowest BCUT2D eigenvalue weighted by Crippen LogP contribution is -2.48. The third-order valence-corrected chi connectivity index (χ3v) is 6.50. The van der Waals surface area contributed by atoms with Gasteiger partial charge in [0.1, 0.15) is 0 Å². The number of guanidine groups is 1. The Balaban J connectivity index is 1.81. The molecule has 0 aliphatic carbocycles.